The fourth-order valence-corrected chi connectivity index (χ4v) is 1.97. The molecule has 130 valence electrons. The number of hydrogen-bond donors (Lipinski definition) is 1. The van der Waals surface area contributed by atoms with E-state index in [1.54, 1.807) is 24.3 Å². The third kappa shape index (κ3) is 4.96. The molecule has 0 aromatic heterocycles. The highest BCUT2D eigenvalue weighted by atomic mass is 16.5. The highest BCUT2D eigenvalue weighted by Gasteiger charge is 2.08. The Morgan fingerprint density at radius 1 is 0.960 bits per heavy atom. The Kier molecular flexibility index (Phi) is 5.57. The van der Waals surface area contributed by atoms with Crippen molar-refractivity contribution in [3.8, 4) is 11.5 Å². The fourth-order valence-electron chi connectivity index (χ4n) is 1.97. The highest BCUT2D eigenvalue weighted by molar-refractivity contribution is 5.97. The molecule has 1 amide bonds. The number of aromatic carboxylic acids is 2. The topological polar surface area (TPSA) is 128 Å². The monoisotopic (exact) mass is 343 g/mol. The van der Waals surface area contributed by atoms with Crippen LogP contribution in [0.25, 0.3) is 0 Å². The third-order valence-electron chi connectivity index (χ3n) is 3.10. The maximum Gasteiger partial charge on any atom is 0.262 e. The number of carboxylic acid groups (broad SMARTS) is 2. The van der Waals surface area contributed by atoms with Gasteiger partial charge >= 0.3 is 0 Å². The molecule has 0 bridgehead atoms. The van der Waals surface area contributed by atoms with Crippen LogP contribution in [0.1, 0.15) is 20.7 Å². The van der Waals surface area contributed by atoms with Gasteiger partial charge in [-0.15, -0.1) is 0 Å². The molecule has 0 spiro atoms. The number of rotatable bonds is 7. The van der Waals surface area contributed by atoms with Crippen LogP contribution in [0.3, 0.4) is 0 Å². The smallest absolute Gasteiger partial charge is 0.262 e. The first-order chi connectivity index (χ1) is 11.9. The minimum Gasteiger partial charge on any atom is -0.545 e. The average molecular weight is 343 g/mol. The molecule has 0 radical (unpaired) electrons. The summed E-state index contributed by atoms with van der Waals surface area (Å²) in [7, 11) is 1.49. The number of ether oxygens (including phenoxy) is 2. The second kappa shape index (κ2) is 7.82. The molecule has 2 aromatic rings. The molecule has 0 aliphatic heterocycles. The van der Waals surface area contributed by atoms with Crippen LogP contribution in [0.4, 0.5) is 5.69 Å². The lowest BCUT2D eigenvalue weighted by Crippen LogP contribution is -2.27. The Morgan fingerprint density at radius 2 is 1.56 bits per heavy atom. The van der Waals surface area contributed by atoms with Crippen LogP contribution in [-0.2, 0) is 4.79 Å². The summed E-state index contributed by atoms with van der Waals surface area (Å²) < 4.78 is 10.3. The second-order valence-electron chi connectivity index (χ2n) is 4.89. The third-order valence-corrected chi connectivity index (χ3v) is 3.10. The van der Waals surface area contributed by atoms with Gasteiger partial charge in [-0.25, -0.2) is 0 Å². The van der Waals surface area contributed by atoms with E-state index in [4.69, 9.17) is 9.47 Å². The molecule has 2 rings (SSSR count). The second-order valence-corrected chi connectivity index (χ2v) is 4.89. The first-order valence-corrected chi connectivity index (χ1v) is 7.03. The predicted molar refractivity (Wildman–Crippen MR) is 82.2 cm³/mol. The van der Waals surface area contributed by atoms with E-state index >= 15 is 0 Å². The van der Waals surface area contributed by atoms with Crippen molar-refractivity contribution < 1.29 is 34.1 Å². The van der Waals surface area contributed by atoms with Crippen LogP contribution in [-0.4, -0.2) is 31.6 Å². The Balaban J connectivity index is 2.06. The number of hydrogen-bond acceptors (Lipinski definition) is 7. The van der Waals surface area contributed by atoms with Gasteiger partial charge in [0.05, 0.1) is 19.0 Å². The van der Waals surface area contributed by atoms with Gasteiger partial charge in [-0.2, -0.15) is 0 Å². The van der Waals surface area contributed by atoms with Crippen molar-refractivity contribution in [3.63, 3.8) is 0 Å². The molecule has 1 N–H and O–H groups in total. The minimum atomic E-state index is -1.58. The summed E-state index contributed by atoms with van der Waals surface area (Å²) in [5.74, 6) is -2.81. The summed E-state index contributed by atoms with van der Waals surface area (Å²) in [6.07, 6.45) is 0. The Labute approximate surface area is 142 Å². The molecular formula is C17H13NO7-2. The molecule has 2 aromatic carbocycles. The number of benzene rings is 2. The van der Waals surface area contributed by atoms with Crippen LogP contribution >= 0.6 is 0 Å². The summed E-state index contributed by atoms with van der Waals surface area (Å²) in [5, 5.41) is 24.2. The molecule has 0 saturated carbocycles. The number of anilines is 1. The maximum atomic E-state index is 11.9. The van der Waals surface area contributed by atoms with Crippen LogP contribution in [0, 0.1) is 0 Å². The molecule has 0 saturated heterocycles. The van der Waals surface area contributed by atoms with Gasteiger partial charge in [-0.3, -0.25) is 4.79 Å². The van der Waals surface area contributed by atoms with Crippen molar-refractivity contribution in [3.05, 3.63) is 53.6 Å². The van der Waals surface area contributed by atoms with Crippen LogP contribution < -0.4 is 25.0 Å². The number of carbonyl (C=O) groups excluding carboxylic acids is 3. The van der Waals surface area contributed by atoms with Crippen LogP contribution in [0.2, 0.25) is 0 Å². The predicted octanol–water partition coefficient (Wildman–Crippen LogP) is -0.560. The van der Waals surface area contributed by atoms with Gasteiger partial charge in [0.25, 0.3) is 5.91 Å². The summed E-state index contributed by atoms with van der Waals surface area (Å²) >= 11 is 0. The Hall–Kier alpha value is -3.55. The van der Waals surface area contributed by atoms with Gasteiger partial charge in [-0.05, 0) is 41.5 Å². The van der Waals surface area contributed by atoms with E-state index in [0.717, 1.165) is 18.2 Å². The molecule has 25 heavy (non-hydrogen) atoms. The van der Waals surface area contributed by atoms with Gasteiger partial charge < -0.3 is 34.6 Å². The van der Waals surface area contributed by atoms with E-state index in [2.05, 4.69) is 5.32 Å². The summed E-state index contributed by atoms with van der Waals surface area (Å²) in [4.78, 5) is 33.7. The van der Waals surface area contributed by atoms with Crippen molar-refractivity contribution in [1.29, 1.82) is 0 Å². The molecule has 0 aliphatic rings. The standard InChI is InChI=1S/C17H15NO7/c1-24-13-3-2-4-14(8-13)25-9-15(19)18-12-6-10(16(20)21)5-11(7-12)17(22)23/h2-8H,9H2,1H3,(H,18,19)(H,20,21)(H,22,23)/p-2. The van der Waals surface area contributed by atoms with Gasteiger partial charge in [-0.1, -0.05) is 6.07 Å². The van der Waals surface area contributed by atoms with E-state index in [1.165, 1.54) is 7.11 Å². The molecule has 0 atom stereocenters. The summed E-state index contributed by atoms with van der Waals surface area (Å²) in [6.45, 7) is -0.372. The number of methoxy groups -OCH3 is 1. The van der Waals surface area contributed by atoms with Crippen molar-refractivity contribution in [2.45, 2.75) is 0 Å². The molecule has 0 fully saturated rings. The van der Waals surface area contributed by atoms with Gasteiger partial charge in [0.15, 0.2) is 6.61 Å². The average Bonchev–Trinajstić information content (AvgIpc) is 2.59. The van der Waals surface area contributed by atoms with Crippen molar-refractivity contribution in [2.75, 3.05) is 19.0 Å². The van der Waals surface area contributed by atoms with Crippen molar-refractivity contribution in [2.24, 2.45) is 0 Å². The first kappa shape index (κ1) is 17.8. The lowest BCUT2D eigenvalue weighted by molar-refractivity contribution is -0.255. The van der Waals surface area contributed by atoms with Crippen LogP contribution in [0.5, 0.6) is 11.5 Å². The zero-order valence-electron chi connectivity index (χ0n) is 13.1. The molecule has 8 nitrogen and oxygen atoms in total. The van der Waals surface area contributed by atoms with E-state index in [1.807, 2.05) is 0 Å². The molecule has 0 heterocycles. The lowest BCUT2D eigenvalue weighted by atomic mass is 10.1. The van der Waals surface area contributed by atoms with Crippen LogP contribution in [0.15, 0.2) is 42.5 Å². The highest BCUT2D eigenvalue weighted by Crippen LogP contribution is 2.19. The van der Waals surface area contributed by atoms with Gasteiger partial charge in [0.2, 0.25) is 0 Å². The first-order valence-electron chi connectivity index (χ1n) is 7.03. The quantitative estimate of drug-likeness (QED) is 0.713. The maximum absolute atomic E-state index is 11.9. The van der Waals surface area contributed by atoms with Gasteiger partial charge in [0.1, 0.15) is 11.5 Å². The zero-order valence-corrected chi connectivity index (χ0v) is 13.1. The normalized spacial score (nSPS) is 9.96. The lowest BCUT2D eigenvalue weighted by Gasteiger charge is -2.13. The molecule has 0 aliphatic carbocycles. The van der Waals surface area contributed by atoms with E-state index in [0.29, 0.717) is 11.5 Å². The molecule has 8 heteroatoms. The zero-order chi connectivity index (χ0) is 18.4. The molecular weight excluding hydrogens is 330 g/mol. The largest absolute Gasteiger partial charge is 0.545 e. The van der Waals surface area contributed by atoms with Crippen molar-refractivity contribution >= 4 is 23.5 Å². The van der Waals surface area contributed by atoms with E-state index < -0.39 is 29.0 Å². The SMILES string of the molecule is COc1cccc(OCC(=O)Nc2cc(C(=O)[O-])cc(C(=O)[O-])c2)c1. The fraction of sp³-hybridized carbons (Fsp3) is 0.118. The van der Waals surface area contributed by atoms with E-state index in [-0.39, 0.29) is 12.3 Å². The van der Waals surface area contributed by atoms with Crippen molar-refractivity contribution in [1.82, 2.24) is 0 Å². The Morgan fingerprint density at radius 3 is 2.12 bits per heavy atom. The van der Waals surface area contributed by atoms with E-state index in [9.17, 15) is 24.6 Å². The Bertz CT molecular complexity index is 784. The number of nitrogens with one attached hydrogen (secondary N) is 1. The van der Waals surface area contributed by atoms with Gasteiger partial charge in [0, 0.05) is 11.8 Å². The molecule has 0 unspecified atom stereocenters. The number of amides is 1. The summed E-state index contributed by atoms with van der Waals surface area (Å²) in [6, 6.07) is 9.63. The minimum absolute atomic E-state index is 0.0276. The number of carbonyl (C=O) groups is 3. The summed E-state index contributed by atoms with van der Waals surface area (Å²) in [5.41, 5.74) is -0.823. The number of carboxylic acids is 2.